The molecule has 0 radical (unpaired) electrons. The molecule has 0 spiro atoms. The minimum absolute atomic E-state index is 0.240. The monoisotopic (exact) mass is 369 g/mol. The summed E-state index contributed by atoms with van der Waals surface area (Å²) in [5.74, 6) is -0.240. The molecule has 3 rings (SSSR count). The van der Waals surface area contributed by atoms with Gasteiger partial charge >= 0.3 is 0 Å². The van der Waals surface area contributed by atoms with Crippen LogP contribution in [0.2, 0.25) is 10.0 Å². The van der Waals surface area contributed by atoms with Crippen LogP contribution in [0.5, 0.6) is 0 Å². The zero-order chi connectivity index (χ0) is 17.8. The van der Waals surface area contributed by atoms with Crippen molar-refractivity contribution in [1.29, 1.82) is 0 Å². The molecular formula is C21H17Cl2NO. The lowest BCUT2D eigenvalue weighted by atomic mass is 9.97. The van der Waals surface area contributed by atoms with Gasteiger partial charge in [0.25, 0.3) is 5.91 Å². The van der Waals surface area contributed by atoms with Crippen LogP contribution < -0.4 is 5.32 Å². The van der Waals surface area contributed by atoms with Crippen LogP contribution in [-0.4, -0.2) is 5.91 Å². The summed E-state index contributed by atoms with van der Waals surface area (Å²) in [6.07, 6.45) is 0. The van der Waals surface area contributed by atoms with Crippen LogP contribution in [0.25, 0.3) is 0 Å². The summed E-state index contributed by atoms with van der Waals surface area (Å²) in [6, 6.07) is 22.6. The Hall–Kier alpha value is -2.29. The molecule has 2 nitrogen and oxygen atoms in total. The molecule has 1 N–H and O–H groups in total. The molecule has 0 saturated heterocycles. The Balaban J connectivity index is 1.95. The maximum absolute atomic E-state index is 12.8. The first-order valence-electron chi connectivity index (χ1n) is 7.92. The Bertz CT molecular complexity index is 876. The maximum Gasteiger partial charge on any atom is 0.253 e. The Morgan fingerprint density at radius 2 is 1.52 bits per heavy atom. The molecule has 0 unspecified atom stereocenters. The van der Waals surface area contributed by atoms with Gasteiger partial charge in [0.05, 0.1) is 16.6 Å². The molecule has 3 aromatic carbocycles. The Labute approximate surface area is 157 Å². The molecule has 1 amide bonds. The Morgan fingerprint density at radius 1 is 0.880 bits per heavy atom. The van der Waals surface area contributed by atoms with Gasteiger partial charge in [0, 0.05) is 5.02 Å². The normalized spacial score (nSPS) is 11.8. The average molecular weight is 370 g/mol. The van der Waals surface area contributed by atoms with E-state index in [1.807, 2.05) is 61.5 Å². The highest BCUT2D eigenvalue weighted by molar-refractivity contribution is 6.36. The SMILES string of the molecule is Cc1ccc([C@H](NC(=O)c2ccc(Cl)cc2Cl)c2ccccc2)cc1. The Kier molecular flexibility index (Phi) is 5.42. The van der Waals surface area contributed by atoms with Crippen molar-refractivity contribution in [3.8, 4) is 0 Å². The highest BCUT2D eigenvalue weighted by atomic mass is 35.5. The third-order valence-corrected chi connectivity index (χ3v) is 4.54. The molecule has 0 aliphatic heterocycles. The van der Waals surface area contributed by atoms with Crippen molar-refractivity contribution >= 4 is 29.1 Å². The molecule has 4 heteroatoms. The molecule has 1 atom stereocenters. The smallest absolute Gasteiger partial charge is 0.253 e. The van der Waals surface area contributed by atoms with Crippen molar-refractivity contribution in [3.05, 3.63) is 105 Å². The first kappa shape index (κ1) is 17.5. The molecule has 126 valence electrons. The van der Waals surface area contributed by atoms with Crippen molar-refractivity contribution in [2.24, 2.45) is 0 Å². The zero-order valence-electron chi connectivity index (χ0n) is 13.7. The number of hydrogen-bond acceptors (Lipinski definition) is 1. The third kappa shape index (κ3) is 4.22. The molecular weight excluding hydrogens is 353 g/mol. The van der Waals surface area contributed by atoms with Crippen molar-refractivity contribution in [2.75, 3.05) is 0 Å². The summed E-state index contributed by atoms with van der Waals surface area (Å²) >= 11 is 12.1. The number of carbonyl (C=O) groups excluding carboxylic acids is 1. The van der Waals surface area contributed by atoms with Crippen molar-refractivity contribution in [2.45, 2.75) is 13.0 Å². The predicted octanol–water partition coefficient (Wildman–Crippen LogP) is 5.82. The van der Waals surface area contributed by atoms with Gasteiger partial charge in [0.2, 0.25) is 0 Å². The highest BCUT2D eigenvalue weighted by Crippen LogP contribution is 2.25. The van der Waals surface area contributed by atoms with Gasteiger partial charge in [-0.1, -0.05) is 83.4 Å². The minimum atomic E-state index is -0.263. The first-order valence-corrected chi connectivity index (χ1v) is 8.67. The number of amides is 1. The van der Waals surface area contributed by atoms with E-state index in [9.17, 15) is 4.79 Å². The van der Waals surface area contributed by atoms with E-state index in [1.54, 1.807) is 18.2 Å². The van der Waals surface area contributed by atoms with Crippen LogP contribution in [0.4, 0.5) is 0 Å². The molecule has 0 aromatic heterocycles. The van der Waals surface area contributed by atoms with Gasteiger partial charge in [-0.15, -0.1) is 0 Å². The van der Waals surface area contributed by atoms with Crippen LogP contribution in [0.15, 0.2) is 72.8 Å². The number of rotatable bonds is 4. The molecule has 3 aromatic rings. The second-order valence-corrected chi connectivity index (χ2v) is 6.70. The van der Waals surface area contributed by atoms with Crippen LogP contribution in [0.1, 0.15) is 33.1 Å². The van der Waals surface area contributed by atoms with Crippen molar-refractivity contribution in [1.82, 2.24) is 5.32 Å². The fourth-order valence-corrected chi connectivity index (χ4v) is 3.14. The lowest BCUT2D eigenvalue weighted by molar-refractivity contribution is 0.0943. The molecule has 25 heavy (non-hydrogen) atoms. The van der Waals surface area contributed by atoms with Crippen LogP contribution in [-0.2, 0) is 0 Å². The standard InChI is InChI=1S/C21H17Cl2NO/c1-14-7-9-16(10-8-14)20(15-5-3-2-4-6-15)24-21(25)18-12-11-17(22)13-19(18)23/h2-13,20H,1H3,(H,24,25)/t20-/m1/s1. The number of nitrogens with one attached hydrogen (secondary N) is 1. The van der Waals surface area contributed by atoms with Gasteiger partial charge in [-0.05, 0) is 36.2 Å². The van der Waals surface area contributed by atoms with Gasteiger partial charge in [0.1, 0.15) is 0 Å². The van der Waals surface area contributed by atoms with E-state index in [4.69, 9.17) is 23.2 Å². The number of halogens is 2. The summed E-state index contributed by atoms with van der Waals surface area (Å²) in [5, 5.41) is 3.91. The van der Waals surface area contributed by atoms with E-state index in [1.165, 1.54) is 5.56 Å². The number of benzene rings is 3. The van der Waals surface area contributed by atoms with Gasteiger partial charge in [0.15, 0.2) is 0 Å². The van der Waals surface area contributed by atoms with Gasteiger partial charge in [-0.25, -0.2) is 0 Å². The maximum atomic E-state index is 12.8. The average Bonchev–Trinajstić information content (AvgIpc) is 2.61. The van der Waals surface area contributed by atoms with Crippen LogP contribution in [0.3, 0.4) is 0 Å². The quantitative estimate of drug-likeness (QED) is 0.616. The van der Waals surface area contributed by atoms with Crippen molar-refractivity contribution in [3.63, 3.8) is 0 Å². The summed E-state index contributed by atoms with van der Waals surface area (Å²) in [7, 11) is 0. The molecule has 0 saturated carbocycles. The number of hydrogen-bond donors (Lipinski definition) is 1. The van der Waals surface area contributed by atoms with Crippen molar-refractivity contribution < 1.29 is 4.79 Å². The number of carbonyl (C=O) groups is 1. The molecule has 0 heterocycles. The second kappa shape index (κ2) is 7.73. The van der Waals surface area contributed by atoms with Gasteiger partial charge < -0.3 is 5.32 Å². The van der Waals surface area contributed by atoms with E-state index in [2.05, 4.69) is 5.32 Å². The Morgan fingerprint density at radius 3 is 2.16 bits per heavy atom. The highest BCUT2D eigenvalue weighted by Gasteiger charge is 2.19. The van der Waals surface area contributed by atoms with Gasteiger partial charge in [-0.2, -0.15) is 0 Å². The van der Waals surface area contributed by atoms with E-state index in [0.717, 1.165) is 11.1 Å². The van der Waals surface area contributed by atoms with E-state index >= 15 is 0 Å². The molecule has 0 aliphatic rings. The van der Waals surface area contributed by atoms with E-state index in [-0.39, 0.29) is 11.9 Å². The first-order chi connectivity index (χ1) is 12.0. The van der Waals surface area contributed by atoms with E-state index in [0.29, 0.717) is 15.6 Å². The summed E-state index contributed by atoms with van der Waals surface area (Å²) in [5.41, 5.74) is 3.58. The molecule has 0 bridgehead atoms. The van der Waals surface area contributed by atoms with Crippen LogP contribution >= 0.6 is 23.2 Å². The fraction of sp³-hybridized carbons (Fsp3) is 0.0952. The third-order valence-electron chi connectivity index (χ3n) is 3.99. The molecule has 0 fully saturated rings. The summed E-state index contributed by atoms with van der Waals surface area (Å²) < 4.78 is 0. The topological polar surface area (TPSA) is 29.1 Å². The zero-order valence-corrected chi connectivity index (χ0v) is 15.2. The van der Waals surface area contributed by atoms with Crippen LogP contribution in [0, 0.1) is 6.92 Å². The largest absolute Gasteiger partial charge is 0.341 e. The van der Waals surface area contributed by atoms with E-state index < -0.39 is 0 Å². The molecule has 0 aliphatic carbocycles. The summed E-state index contributed by atoms with van der Waals surface area (Å²) in [6.45, 7) is 2.04. The minimum Gasteiger partial charge on any atom is -0.341 e. The second-order valence-electron chi connectivity index (χ2n) is 5.85. The summed E-state index contributed by atoms with van der Waals surface area (Å²) in [4.78, 5) is 12.8. The lowest BCUT2D eigenvalue weighted by Gasteiger charge is -2.20. The fourth-order valence-electron chi connectivity index (χ4n) is 2.65. The lowest BCUT2D eigenvalue weighted by Crippen LogP contribution is -2.29. The van der Waals surface area contributed by atoms with Gasteiger partial charge in [-0.3, -0.25) is 4.79 Å². The number of aryl methyl sites for hydroxylation is 1. The predicted molar refractivity (Wildman–Crippen MR) is 103 cm³/mol.